The van der Waals surface area contributed by atoms with E-state index in [0.717, 1.165) is 24.9 Å². The molecule has 2 heterocycles. The zero-order valence-corrected chi connectivity index (χ0v) is 10.8. The molecular formula is C15H20FNO. The lowest BCUT2D eigenvalue weighted by atomic mass is 9.98. The minimum atomic E-state index is -0.159. The summed E-state index contributed by atoms with van der Waals surface area (Å²) in [6, 6.07) is 6.08. The van der Waals surface area contributed by atoms with Gasteiger partial charge in [0.2, 0.25) is 0 Å². The number of piperidine rings is 1. The van der Waals surface area contributed by atoms with Crippen LogP contribution in [0.3, 0.4) is 0 Å². The summed E-state index contributed by atoms with van der Waals surface area (Å²) >= 11 is 0. The van der Waals surface area contributed by atoms with Crippen LogP contribution in [-0.2, 0) is 6.54 Å². The molecule has 0 aliphatic carbocycles. The molecule has 0 spiro atoms. The fourth-order valence-electron chi connectivity index (χ4n) is 3.54. The number of aliphatic hydroxyl groups excluding tert-OH is 1. The Labute approximate surface area is 107 Å². The number of hydrogen-bond acceptors (Lipinski definition) is 2. The van der Waals surface area contributed by atoms with Gasteiger partial charge in [0, 0.05) is 18.6 Å². The van der Waals surface area contributed by atoms with Gasteiger partial charge in [-0.05, 0) is 55.9 Å². The van der Waals surface area contributed by atoms with Crippen molar-refractivity contribution in [3.8, 4) is 0 Å². The largest absolute Gasteiger partial charge is 0.393 e. The summed E-state index contributed by atoms with van der Waals surface area (Å²) in [5, 5.41) is 9.79. The van der Waals surface area contributed by atoms with Crippen molar-refractivity contribution in [1.82, 2.24) is 4.90 Å². The van der Waals surface area contributed by atoms with E-state index in [9.17, 15) is 9.50 Å². The number of rotatable bonds is 2. The molecule has 0 radical (unpaired) electrons. The molecule has 1 aromatic rings. The fourth-order valence-corrected chi connectivity index (χ4v) is 3.54. The second-order valence-electron chi connectivity index (χ2n) is 5.75. The topological polar surface area (TPSA) is 23.5 Å². The van der Waals surface area contributed by atoms with Crippen LogP contribution in [0.25, 0.3) is 0 Å². The number of nitrogens with zero attached hydrogens (tertiary/aromatic N) is 1. The Morgan fingerprint density at radius 3 is 2.56 bits per heavy atom. The van der Waals surface area contributed by atoms with Gasteiger partial charge in [0.15, 0.2) is 0 Å². The Hall–Kier alpha value is -0.930. The number of aryl methyl sites for hydroxylation is 1. The summed E-state index contributed by atoms with van der Waals surface area (Å²) in [6.45, 7) is 2.87. The predicted octanol–water partition coefficient (Wildman–Crippen LogP) is 2.62. The third kappa shape index (κ3) is 2.17. The maximum Gasteiger partial charge on any atom is 0.123 e. The van der Waals surface area contributed by atoms with E-state index >= 15 is 0 Å². The first-order valence-corrected chi connectivity index (χ1v) is 6.82. The first-order valence-electron chi connectivity index (χ1n) is 6.82. The second-order valence-corrected chi connectivity index (χ2v) is 5.75. The van der Waals surface area contributed by atoms with Crippen molar-refractivity contribution in [2.45, 2.75) is 57.3 Å². The highest BCUT2D eigenvalue weighted by atomic mass is 19.1. The van der Waals surface area contributed by atoms with Crippen LogP contribution in [0.2, 0.25) is 0 Å². The van der Waals surface area contributed by atoms with Crippen molar-refractivity contribution in [2.75, 3.05) is 0 Å². The average Bonchev–Trinajstić information content (AvgIpc) is 2.56. The van der Waals surface area contributed by atoms with E-state index in [4.69, 9.17) is 0 Å². The summed E-state index contributed by atoms with van der Waals surface area (Å²) in [5.74, 6) is -0.159. The Bertz CT molecular complexity index is 434. The van der Waals surface area contributed by atoms with Crippen LogP contribution in [-0.4, -0.2) is 28.2 Å². The van der Waals surface area contributed by atoms with Gasteiger partial charge in [-0.1, -0.05) is 6.07 Å². The van der Waals surface area contributed by atoms with E-state index in [2.05, 4.69) is 4.90 Å². The summed E-state index contributed by atoms with van der Waals surface area (Å²) in [7, 11) is 0. The molecular weight excluding hydrogens is 229 g/mol. The third-order valence-corrected chi connectivity index (χ3v) is 4.52. The number of benzene rings is 1. The van der Waals surface area contributed by atoms with Gasteiger partial charge >= 0.3 is 0 Å². The van der Waals surface area contributed by atoms with Crippen LogP contribution in [0.1, 0.15) is 36.8 Å². The first-order chi connectivity index (χ1) is 8.63. The van der Waals surface area contributed by atoms with Gasteiger partial charge < -0.3 is 5.11 Å². The first kappa shape index (κ1) is 12.1. The summed E-state index contributed by atoms with van der Waals surface area (Å²) in [4.78, 5) is 2.51. The molecule has 2 unspecified atom stereocenters. The number of fused-ring (bicyclic) bond motifs is 2. The average molecular weight is 249 g/mol. The minimum Gasteiger partial charge on any atom is -0.393 e. The lowest BCUT2D eigenvalue weighted by Crippen LogP contribution is -2.44. The van der Waals surface area contributed by atoms with Crippen molar-refractivity contribution in [1.29, 1.82) is 0 Å². The molecule has 0 saturated carbocycles. The van der Waals surface area contributed by atoms with E-state index < -0.39 is 0 Å². The zero-order valence-electron chi connectivity index (χ0n) is 10.8. The third-order valence-electron chi connectivity index (χ3n) is 4.52. The normalized spacial score (nSPS) is 31.8. The van der Waals surface area contributed by atoms with Gasteiger partial charge in [0.05, 0.1) is 6.10 Å². The molecule has 0 aromatic heterocycles. The van der Waals surface area contributed by atoms with Crippen LogP contribution in [0.15, 0.2) is 18.2 Å². The highest BCUT2D eigenvalue weighted by Gasteiger charge is 2.39. The molecule has 98 valence electrons. The molecule has 2 atom stereocenters. The van der Waals surface area contributed by atoms with E-state index in [1.54, 1.807) is 12.1 Å². The van der Waals surface area contributed by atoms with Crippen LogP contribution in [0, 0.1) is 12.7 Å². The van der Waals surface area contributed by atoms with Gasteiger partial charge in [0.1, 0.15) is 5.82 Å². The number of halogens is 1. The molecule has 2 aliphatic rings. The lowest BCUT2D eigenvalue weighted by Gasteiger charge is -2.37. The molecule has 0 amide bonds. The smallest absolute Gasteiger partial charge is 0.123 e. The molecule has 2 nitrogen and oxygen atoms in total. The highest BCUT2D eigenvalue weighted by Crippen LogP contribution is 2.37. The Morgan fingerprint density at radius 1 is 1.28 bits per heavy atom. The predicted molar refractivity (Wildman–Crippen MR) is 68.7 cm³/mol. The molecule has 3 rings (SSSR count). The van der Waals surface area contributed by atoms with Crippen LogP contribution in [0.5, 0.6) is 0 Å². The number of hydrogen-bond donors (Lipinski definition) is 1. The standard InChI is InChI=1S/C15H20FNO/c1-10-6-12(16)3-2-11(10)9-17-13-4-5-14(17)8-15(18)7-13/h2-3,6,13-15,18H,4-5,7-9H2,1H3. The highest BCUT2D eigenvalue weighted by molar-refractivity contribution is 5.26. The molecule has 2 saturated heterocycles. The molecule has 18 heavy (non-hydrogen) atoms. The van der Waals surface area contributed by atoms with Crippen molar-refractivity contribution >= 4 is 0 Å². The second kappa shape index (κ2) is 4.63. The van der Waals surface area contributed by atoms with Crippen LogP contribution >= 0.6 is 0 Å². The van der Waals surface area contributed by atoms with Gasteiger partial charge in [0.25, 0.3) is 0 Å². The van der Waals surface area contributed by atoms with Crippen molar-refractivity contribution in [3.63, 3.8) is 0 Å². The monoisotopic (exact) mass is 249 g/mol. The van der Waals surface area contributed by atoms with Crippen LogP contribution < -0.4 is 0 Å². The minimum absolute atomic E-state index is 0.118. The van der Waals surface area contributed by atoms with Gasteiger partial charge in [-0.15, -0.1) is 0 Å². The van der Waals surface area contributed by atoms with E-state index in [1.165, 1.54) is 18.4 Å². The van der Waals surface area contributed by atoms with Gasteiger partial charge in [-0.2, -0.15) is 0 Å². The van der Waals surface area contributed by atoms with Gasteiger partial charge in [-0.25, -0.2) is 4.39 Å². The van der Waals surface area contributed by atoms with E-state index in [0.29, 0.717) is 12.1 Å². The quantitative estimate of drug-likeness (QED) is 0.871. The maximum atomic E-state index is 13.1. The number of aliphatic hydroxyl groups is 1. The lowest BCUT2D eigenvalue weighted by molar-refractivity contribution is 0.0309. The maximum absolute atomic E-state index is 13.1. The zero-order chi connectivity index (χ0) is 12.7. The molecule has 1 aromatic carbocycles. The fraction of sp³-hybridized carbons (Fsp3) is 0.600. The summed E-state index contributed by atoms with van der Waals surface area (Å²) in [5.41, 5.74) is 2.24. The summed E-state index contributed by atoms with van der Waals surface area (Å²) < 4.78 is 13.1. The molecule has 2 fully saturated rings. The van der Waals surface area contributed by atoms with Crippen molar-refractivity contribution < 1.29 is 9.50 Å². The Balaban J connectivity index is 1.77. The Kier molecular flexibility index (Phi) is 3.12. The van der Waals surface area contributed by atoms with E-state index in [-0.39, 0.29) is 11.9 Å². The summed E-state index contributed by atoms with van der Waals surface area (Å²) in [6.07, 6.45) is 4.07. The van der Waals surface area contributed by atoms with Crippen molar-refractivity contribution in [3.05, 3.63) is 35.1 Å². The molecule has 2 aliphatic heterocycles. The molecule has 1 N–H and O–H groups in total. The van der Waals surface area contributed by atoms with Gasteiger partial charge in [-0.3, -0.25) is 4.90 Å². The molecule has 3 heteroatoms. The molecule has 2 bridgehead atoms. The Morgan fingerprint density at radius 2 is 1.94 bits per heavy atom. The van der Waals surface area contributed by atoms with Crippen molar-refractivity contribution in [2.24, 2.45) is 0 Å². The SMILES string of the molecule is Cc1cc(F)ccc1CN1C2CCC1CC(O)C2. The van der Waals surface area contributed by atoms with Crippen LogP contribution in [0.4, 0.5) is 4.39 Å². The van der Waals surface area contributed by atoms with E-state index in [1.807, 2.05) is 13.0 Å².